The van der Waals surface area contributed by atoms with Gasteiger partial charge in [-0.2, -0.15) is 0 Å². The van der Waals surface area contributed by atoms with E-state index in [4.69, 9.17) is 0 Å². The zero-order valence-corrected chi connectivity index (χ0v) is 11.6. The summed E-state index contributed by atoms with van der Waals surface area (Å²) in [7, 11) is 0. The van der Waals surface area contributed by atoms with Crippen LogP contribution in [0.4, 0.5) is 5.82 Å². The second kappa shape index (κ2) is 4.23. The molecule has 18 heavy (non-hydrogen) atoms. The number of halogens is 1. The Morgan fingerprint density at radius 1 is 1.61 bits per heavy atom. The zero-order chi connectivity index (χ0) is 12.8. The Morgan fingerprint density at radius 2 is 2.44 bits per heavy atom. The molecule has 2 aliphatic rings. The lowest BCUT2D eigenvalue weighted by Gasteiger charge is -2.24. The van der Waals surface area contributed by atoms with E-state index in [1.165, 1.54) is 0 Å². The lowest BCUT2D eigenvalue weighted by Crippen LogP contribution is -2.35. The third-order valence-corrected chi connectivity index (χ3v) is 4.95. The molecule has 1 N–H and O–H groups in total. The fourth-order valence-electron chi connectivity index (χ4n) is 3.41. The number of aromatic nitrogens is 1. The Balaban J connectivity index is 1.92. The van der Waals surface area contributed by atoms with E-state index in [1.807, 2.05) is 12.1 Å². The molecule has 1 saturated carbocycles. The lowest BCUT2D eigenvalue weighted by atomic mass is 9.81. The third-order valence-electron chi connectivity index (χ3n) is 4.34. The number of nitrogens with zero attached hydrogens (tertiary/aromatic N) is 2. The van der Waals surface area contributed by atoms with Crippen LogP contribution < -0.4 is 4.90 Å². The highest BCUT2D eigenvalue weighted by Crippen LogP contribution is 2.50. The first-order chi connectivity index (χ1) is 8.63. The maximum atomic E-state index is 11.6. The summed E-state index contributed by atoms with van der Waals surface area (Å²) in [4.78, 5) is 18.1. The summed E-state index contributed by atoms with van der Waals surface area (Å²) >= 11 is 3.49. The van der Waals surface area contributed by atoms with E-state index in [-0.39, 0.29) is 5.92 Å². The van der Waals surface area contributed by atoms with Gasteiger partial charge in [0.25, 0.3) is 0 Å². The summed E-state index contributed by atoms with van der Waals surface area (Å²) in [5, 5.41) is 9.55. The van der Waals surface area contributed by atoms with Crippen molar-refractivity contribution in [2.45, 2.75) is 19.3 Å². The Labute approximate surface area is 114 Å². The molecule has 1 saturated heterocycles. The molecule has 0 spiro atoms. The van der Waals surface area contributed by atoms with Crippen molar-refractivity contribution in [1.29, 1.82) is 0 Å². The molecule has 0 radical (unpaired) electrons. The quantitative estimate of drug-likeness (QED) is 0.912. The summed E-state index contributed by atoms with van der Waals surface area (Å²) in [6.45, 7) is 1.39. The van der Waals surface area contributed by atoms with Crippen LogP contribution in [0, 0.1) is 11.3 Å². The van der Waals surface area contributed by atoms with Gasteiger partial charge >= 0.3 is 5.97 Å². The maximum Gasteiger partial charge on any atom is 0.311 e. The molecule has 1 aliphatic heterocycles. The first-order valence-electron chi connectivity index (χ1n) is 6.22. The van der Waals surface area contributed by atoms with Gasteiger partial charge in [-0.15, -0.1) is 0 Å². The molecular weight excluding hydrogens is 296 g/mol. The van der Waals surface area contributed by atoms with Crippen molar-refractivity contribution in [3.63, 3.8) is 0 Å². The Kier molecular flexibility index (Phi) is 2.81. The second-order valence-corrected chi connectivity index (χ2v) is 6.09. The van der Waals surface area contributed by atoms with Gasteiger partial charge in [0.05, 0.1) is 9.89 Å². The molecule has 4 nitrogen and oxygen atoms in total. The minimum Gasteiger partial charge on any atom is -0.481 e. The molecule has 0 unspecified atom stereocenters. The number of anilines is 1. The van der Waals surface area contributed by atoms with Crippen LogP contribution in [-0.2, 0) is 4.79 Å². The van der Waals surface area contributed by atoms with Crippen molar-refractivity contribution in [3.05, 3.63) is 22.8 Å². The van der Waals surface area contributed by atoms with E-state index < -0.39 is 11.4 Å². The van der Waals surface area contributed by atoms with Gasteiger partial charge < -0.3 is 10.0 Å². The van der Waals surface area contributed by atoms with Crippen LogP contribution in [0.25, 0.3) is 0 Å². The second-order valence-electron chi connectivity index (χ2n) is 5.24. The van der Waals surface area contributed by atoms with Crippen molar-refractivity contribution in [2.75, 3.05) is 18.0 Å². The van der Waals surface area contributed by atoms with E-state index in [0.717, 1.165) is 36.1 Å². The molecule has 96 valence electrons. The molecule has 2 heterocycles. The third kappa shape index (κ3) is 1.64. The van der Waals surface area contributed by atoms with E-state index in [2.05, 4.69) is 25.8 Å². The van der Waals surface area contributed by atoms with Gasteiger partial charge in [0.1, 0.15) is 5.82 Å². The topological polar surface area (TPSA) is 53.4 Å². The molecule has 0 bridgehead atoms. The van der Waals surface area contributed by atoms with E-state index >= 15 is 0 Å². The van der Waals surface area contributed by atoms with Crippen LogP contribution in [0.15, 0.2) is 22.8 Å². The SMILES string of the molecule is O=C(O)[C@@]12CCC[C@H]1CN(c1ncccc1Br)C2. The van der Waals surface area contributed by atoms with Crippen molar-refractivity contribution >= 4 is 27.7 Å². The molecule has 1 aromatic heterocycles. The molecular formula is C13H15BrN2O2. The van der Waals surface area contributed by atoms with Gasteiger partial charge in [-0.3, -0.25) is 4.79 Å². The number of carboxylic acids is 1. The summed E-state index contributed by atoms with van der Waals surface area (Å²) < 4.78 is 0.936. The monoisotopic (exact) mass is 310 g/mol. The normalized spacial score (nSPS) is 30.5. The molecule has 2 atom stereocenters. The van der Waals surface area contributed by atoms with Gasteiger partial charge in [0.15, 0.2) is 0 Å². The minimum absolute atomic E-state index is 0.268. The van der Waals surface area contributed by atoms with Crippen molar-refractivity contribution in [2.24, 2.45) is 11.3 Å². The molecule has 1 aliphatic carbocycles. The average molecular weight is 311 g/mol. The van der Waals surface area contributed by atoms with Crippen molar-refractivity contribution < 1.29 is 9.90 Å². The molecule has 0 amide bonds. The molecule has 3 rings (SSSR count). The van der Waals surface area contributed by atoms with Gasteiger partial charge in [-0.1, -0.05) is 6.42 Å². The van der Waals surface area contributed by atoms with E-state index in [0.29, 0.717) is 6.54 Å². The minimum atomic E-state index is -0.639. The maximum absolute atomic E-state index is 11.6. The Hall–Kier alpha value is -1.10. The molecule has 0 aromatic carbocycles. The molecule has 2 fully saturated rings. The number of hydrogen-bond acceptors (Lipinski definition) is 3. The summed E-state index contributed by atoms with van der Waals surface area (Å²) in [5.41, 5.74) is -0.545. The highest BCUT2D eigenvalue weighted by atomic mass is 79.9. The molecule has 5 heteroatoms. The van der Waals surface area contributed by atoms with Gasteiger partial charge in [0, 0.05) is 19.3 Å². The van der Waals surface area contributed by atoms with Gasteiger partial charge in [-0.05, 0) is 46.8 Å². The lowest BCUT2D eigenvalue weighted by molar-refractivity contribution is -0.149. The van der Waals surface area contributed by atoms with Crippen molar-refractivity contribution in [3.8, 4) is 0 Å². The first kappa shape index (κ1) is 12.0. The highest BCUT2D eigenvalue weighted by Gasteiger charge is 2.55. The van der Waals surface area contributed by atoms with Crippen LogP contribution in [-0.4, -0.2) is 29.1 Å². The standard InChI is InChI=1S/C13H15BrN2O2/c14-10-4-2-6-15-11(10)16-7-9-3-1-5-13(9,8-16)12(17)18/h2,4,6,9H,1,3,5,7-8H2,(H,17,18)/t9-,13+/m0/s1. The Bertz CT molecular complexity index is 494. The van der Waals surface area contributed by atoms with Crippen LogP contribution >= 0.6 is 15.9 Å². The largest absolute Gasteiger partial charge is 0.481 e. The summed E-state index contributed by atoms with van der Waals surface area (Å²) in [5.74, 6) is 0.496. The van der Waals surface area contributed by atoms with Gasteiger partial charge in [0.2, 0.25) is 0 Å². The number of aliphatic carboxylic acids is 1. The molecule has 1 aromatic rings. The number of carbonyl (C=O) groups is 1. The Morgan fingerprint density at radius 3 is 3.11 bits per heavy atom. The van der Waals surface area contributed by atoms with Crippen LogP contribution in [0.1, 0.15) is 19.3 Å². The number of pyridine rings is 1. The average Bonchev–Trinajstić information content (AvgIpc) is 2.86. The van der Waals surface area contributed by atoms with E-state index in [1.54, 1.807) is 6.20 Å². The number of hydrogen-bond donors (Lipinski definition) is 1. The smallest absolute Gasteiger partial charge is 0.311 e. The number of rotatable bonds is 2. The van der Waals surface area contributed by atoms with E-state index in [9.17, 15) is 9.90 Å². The fraction of sp³-hybridized carbons (Fsp3) is 0.538. The van der Waals surface area contributed by atoms with Crippen LogP contribution in [0.3, 0.4) is 0 Å². The predicted octanol–water partition coefficient (Wildman–Crippen LogP) is 2.54. The van der Waals surface area contributed by atoms with Crippen LogP contribution in [0.5, 0.6) is 0 Å². The highest BCUT2D eigenvalue weighted by molar-refractivity contribution is 9.10. The number of carboxylic acid groups (broad SMARTS) is 1. The fourth-order valence-corrected chi connectivity index (χ4v) is 3.92. The summed E-state index contributed by atoms with van der Waals surface area (Å²) in [6, 6.07) is 3.82. The predicted molar refractivity (Wildman–Crippen MR) is 71.6 cm³/mol. The number of fused-ring (bicyclic) bond motifs is 1. The van der Waals surface area contributed by atoms with Crippen LogP contribution in [0.2, 0.25) is 0 Å². The summed E-state index contributed by atoms with van der Waals surface area (Å²) in [6.07, 6.45) is 4.61. The van der Waals surface area contributed by atoms with Crippen molar-refractivity contribution in [1.82, 2.24) is 4.98 Å². The zero-order valence-electron chi connectivity index (χ0n) is 9.97. The first-order valence-corrected chi connectivity index (χ1v) is 7.02. The van der Waals surface area contributed by atoms with Gasteiger partial charge in [-0.25, -0.2) is 4.98 Å².